The number of likely N-dealkylation sites (N-methyl/N-ethyl adjacent to an activating group) is 2. The van der Waals surface area contributed by atoms with Crippen molar-refractivity contribution >= 4 is 0 Å². The molecule has 0 radical (unpaired) electrons. The summed E-state index contributed by atoms with van der Waals surface area (Å²) in [6, 6.07) is 0.710. The fourth-order valence-electron chi connectivity index (χ4n) is 1.77. The van der Waals surface area contributed by atoms with Gasteiger partial charge in [-0.3, -0.25) is 0 Å². The molecule has 0 saturated carbocycles. The Morgan fingerprint density at radius 2 is 2.33 bits per heavy atom. The Kier molecular flexibility index (Phi) is 3.98. The lowest BCUT2D eigenvalue weighted by Gasteiger charge is -2.23. The summed E-state index contributed by atoms with van der Waals surface area (Å²) >= 11 is 0. The molecule has 12 heavy (non-hydrogen) atoms. The number of likely N-dealkylation sites (tertiary alicyclic amines) is 1. The van der Waals surface area contributed by atoms with E-state index < -0.39 is 0 Å². The Morgan fingerprint density at radius 3 is 2.83 bits per heavy atom. The molecule has 72 valence electrons. The van der Waals surface area contributed by atoms with Crippen molar-refractivity contribution in [2.24, 2.45) is 0 Å². The van der Waals surface area contributed by atoms with Crippen molar-refractivity contribution in [2.75, 3.05) is 40.3 Å². The molecule has 0 aromatic heterocycles. The fraction of sp³-hybridized carbons (Fsp3) is 1.00. The molecule has 1 aliphatic heterocycles. The van der Waals surface area contributed by atoms with Crippen LogP contribution in [-0.4, -0.2) is 61.3 Å². The first-order chi connectivity index (χ1) is 5.74. The van der Waals surface area contributed by atoms with Gasteiger partial charge in [-0.1, -0.05) is 0 Å². The van der Waals surface area contributed by atoms with Crippen LogP contribution in [0.4, 0.5) is 0 Å². The molecule has 0 aromatic carbocycles. The maximum Gasteiger partial charge on any atom is 0.0443 e. The van der Waals surface area contributed by atoms with Gasteiger partial charge in [-0.15, -0.1) is 0 Å². The number of hydrogen-bond acceptors (Lipinski definition) is 3. The number of nitrogens with zero attached hydrogens (tertiary/aromatic N) is 2. The summed E-state index contributed by atoms with van der Waals surface area (Å²) in [5.74, 6) is 0. The van der Waals surface area contributed by atoms with Crippen molar-refractivity contribution in [2.45, 2.75) is 18.9 Å². The van der Waals surface area contributed by atoms with E-state index in [4.69, 9.17) is 5.11 Å². The molecule has 0 bridgehead atoms. The maximum absolute atomic E-state index is 8.67. The highest BCUT2D eigenvalue weighted by Crippen LogP contribution is 2.12. The molecule has 3 nitrogen and oxygen atoms in total. The third-order valence-electron chi connectivity index (χ3n) is 2.66. The minimum absolute atomic E-state index is 0.312. The topological polar surface area (TPSA) is 26.7 Å². The minimum atomic E-state index is 0.312. The van der Waals surface area contributed by atoms with Gasteiger partial charge in [0.05, 0.1) is 0 Å². The molecule has 1 heterocycles. The molecular weight excluding hydrogens is 152 g/mol. The third kappa shape index (κ3) is 2.73. The lowest BCUT2D eigenvalue weighted by Crippen LogP contribution is -2.34. The Labute approximate surface area is 75.0 Å². The minimum Gasteiger partial charge on any atom is -0.396 e. The van der Waals surface area contributed by atoms with Crippen molar-refractivity contribution in [3.63, 3.8) is 0 Å². The van der Waals surface area contributed by atoms with E-state index in [1.807, 2.05) is 0 Å². The van der Waals surface area contributed by atoms with E-state index in [1.165, 1.54) is 19.5 Å². The summed E-state index contributed by atoms with van der Waals surface area (Å²) in [5.41, 5.74) is 0. The predicted octanol–water partition coefficient (Wildman–Crippen LogP) is 0.00470. The first-order valence-electron chi connectivity index (χ1n) is 4.73. The second-order valence-electron chi connectivity index (χ2n) is 3.76. The number of rotatable bonds is 4. The summed E-state index contributed by atoms with van der Waals surface area (Å²) in [5, 5.41) is 8.67. The molecule has 0 spiro atoms. The van der Waals surface area contributed by atoms with Crippen molar-refractivity contribution in [3.05, 3.63) is 0 Å². The highest BCUT2D eigenvalue weighted by atomic mass is 16.3. The van der Waals surface area contributed by atoms with Gasteiger partial charge in [-0.05, 0) is 33.5 Å². The Bertz CT molecular complexity index is 130. The zero-order chi connectivity index (χ0) is 8.97. The largest absolute Gasteiger partial charge is 0.396 e. The van der Waals surface area contributed by atoms with Gasteiger partial charge in [0.2, 0.25) is 0 Å². The standard InChI is InChI=1S/C9H20N2O/c1-10-6-4-9(8-10)11(2)5-3-7-12/h9,12H,3-8H2,1-2H3. The van der Waals surface area contributed by atoms with Gasteiger partial charge in [0.25, 0.3) is 0 Å². The molecule has 1 saturated heterocycles. The van der Waals surface area contributed by atoms with Gasteiger partial charge in [-0.2, -0.15) is 0 Å². The Balaban J connectivity index is 2.18. The molecule has 0 amide bonds. The van der Waals surface area contributed by atoms with Crippen molar-refractivity contribution in [1.29, 1.82) is 0 Å². The van der Waals surface area contributed by atoms with E-state index in [1.54, 1.807) is 0 Å². The molecular formula is C9H20N2O. The quantitative estimate of drug-likeness (QED) is 0.647. The van der Waals surface area contributed by atoms with Crippen LogP contribution >= 0.6 is 0 Å². The lowest BCUT2D eigenvalue weighted by atomic mass is 10.2. The van der Waals surface area contributed by atoms with Crippen LogP contribution in [0.15, 0.2) is 0 Å². The summed E-state index contributed by atoms with van der Waals surface area (Å²) in [4.78, 5) is 4.72. The average molecular weight is 172 g/mol. The van der Waals surface area contributed by atoms with Crippen LogP contribution in [0, 0.1) is 0 Å². The van der Waals surface area contributed by atoms with Crippen molar-refractivity contribution < 1.29 is 5.11 Å². The van der Waals surface area contributed by atoms with Crippen LogP contribution < -0.4 is 0 Å². The molecule has 1 rings (SSSR count). The maximum atomic E-state index is 8.67. The highest BCUT2D eigenvalue weighted by molar-refractivity contribution is 4.79. The first kappa shape index (κ1) is 9.96. The molecule has 1 atom stereocenters. The van der Waals surface area contributed by atoms with Gasteiger partial charge in [0.15, 0.2) is 0 Å². The van der Waals surface area contributed by atoms with Crippen LogP contribution in [0.25, 0.3) is 0 Å². The lowest BCUT2D eigenvalue weighted by molar-refractivity contribution is 0.207. The molecule has 1 aliphatic rings. The van der Waals surface area contributed by atoms with E-state index in [0.717, 1.165) is 13.0 Å². The molecule has 0 aliphatic carbocycles. The van der Waals surface area contributed by atoms with Gasteiger partial charge < -0.3 is 14.9 Å². The summed E-state index contributed by atoms with van der Waals surface area (Å²) in [6.45, 7) is 3.73. The highest BCUT2D eigenvalue weighted by Gasteiger charge is 2.22. The van der Waals surface area contributed by atoms with Crippen LogP contribution in [0.5, 0.6) is 0 Å². The van der Waals surface area contributed by atoms with Crippen LogP contribution in [-0.2, 0) is 0 Å². The predicted molar refractivity (Wildman–Crippen MR) is 50.2 cm³/mol. The van der Waals surface area contributed by atoms with E-state index in [2.05, 4.69) is 23.9 Å². The normalized spacial score (nSPS) is 25.5. The molecule has 1 N–H and O–H groups in total. The molecule has 1 unspecified atom stereocenters. The van der Waals surface area contributed by atoms with Crippen molar-refractivity contribution in [1.82, 2.24) is 9.80 Å². The number of hydrogen-bond donors (Lipinski definition) is 1. The van der Waals surface area contributed by atoms with E-state index >= 15 is 0 Å². The fourth-order valence-corrected chi connectivity index (χ4v) is 1.77. The smallest absolute Gasteiger partial charge is 0.0443 e. The van der Waals surface area contributed by atoms with Crippen LogP contribution in [0.1, 0.15) is 12.8 Å². The molecule has 0 aromatic rings. The van der Waals surface area contributed by atoms with Crippen LogP contribution in [0.2, 0.25) is 0 Å². The number of aliphatic hydroxyl groups excluding tert-OH is 1. The summed E-state index contributed by atoms with van der Waals surface area (Å²) in [6.07, 6.45) is 2.18. The van der Waals surface area contributed by atoms with Crippen LogP contribution in [0.3, 0.4) is 0 Å². The monoisotopic (exact) mass is 172 g/mol. The second-order valence-corrected chi connectivity index (χ2v) is 3.76. The van der Waals surface area contributed by atoms with Crippen molar-refractivity contribution in [3.8, 4) is 0 Å². The zero-order valence-corrected chi connectivity index (χ0v) is 8.16. The summed E-state index contributed by atoms with van der Waals surface area (Å²) < 4.78 is 0. The zero-order valence-electron chi connectivity index (χ0n) is 8.16. The van der Waals surface area contributed by atoms with Gasteiger partial charge in [0, 0.05) is 25.7 Å². The average Bonchev–Trinajstić information content (AvgIpc) is 2.47. The Morgan fingerprint density at radius 1 is 1.58 bits per heavy atom. The van der Waals surface area contributed by atoms with Gasteiger partial charge >= 0.3 is 0 Å². The second kappa shape index (κ2) is 4.80. The SMILES string of the molecule is CN1CCC(N(C)CCCO)C1. The van der Waals surface area contributed by atoms with Gasteiger partial charge in [-0.25, -0.2) is 0 Å². The third-order valence-corrected chi connectivity index (χ3v) is 2.66. The van der Waals surface area contributed by atoms with E-state index in [-0.39, 0.29) is 0 Å². The number of aliphatic hydroxyl groups is 1. The molecule has 1 fully saturated rings. The van der Waals surface area contributed by atoms with E-state index in [0.29, 0.717) is 12.6 Å². The Hall–Kier alpha value is -0.120. The summed E-state index contributed by atoms with van der Waals surface area (Å²) in [7, 11) is 4.32. The van der Waals surface area contributed by atoms with E-state index in [9.17, 15) is 0 Å². The molecule has 3 heteroatoms. The first-order valence-corrected chi connectivity index (χ1v) is 4.73. The van der Waals surface area contributed by atoms with Gasteiger partial charge in [0.1, 0.15) is 0 Å².